The highest BCUT2D eigenvalue weighted by molar-refractivity contribution is 7.88. The van der Waals surface area contributed by atoms with Gasteiger partial charge < -0.3 is 9.64 Å². The predicted molar refractivity (Wildman–Crippen MR) is 111 cm³/mol. The molecule has 1 aromatic rings. The van der Waals surface area contributed by atoms with E-state index in [9.17, 15) is 21.6 Å². The Balaban J connectivity index is 1.72. The van der Waals surface area contributed by atoms with Crippen LogP contribution in [0.5, 0.6) is 0 Å². The van der Waals surface area contributed by atoms with Crippen LogP contribution in [0.4, 0.5) is 4.79 Å². The van der Waals surface area contributed by atoms with Crippen LogP contribution in [0.15, 0.2) is 30.3 Å². The number of hydrogen-bond donors (Lipinski definition) is 0. The van der Waals surface area contributed by atoms with E-state index in [4.69, 9.17) is 4.74 Å². The molecule has 1 aromatic carbocycles. The van der Waals surface area contributed by atoms with Gasteiger partial charge in [-0.2, -0.15) is 8.61 Å². The normalized spacial score (nSPS) is 20.3. The van der Waals surface area contributed by atoms with Gasteiger partial charge in [-0.15, -0.1) is 0 Å². The molecule has 1 amide bonds. The number of carbonyl (C=O) groups is 1. The smallest absolute Gasteiger partial charge is 0.410 e. The van der Waals surface area contributed by atoms with Gasteiger partial charge in [-0.25, -0.2) is 21.6 Å². The molecule has 1 spiro atoms. The first kappa shape index (κ1) is 22.6. The molecule has 0 radical (unpaired) electrons. The number of amides is 1. The summed E-state index contributed by atoms with van der Waals surface area (Å²) >= 11 is 0. The predicted octanol–water partition coefficient (Wildman–Crippen LogP) is 0.165. The molecule has 0 aromatic heterocycles. The molecule has 0 bridgehead atoms. The molecule has 30 heavy (non-hydrogen) atoms. The van der Waals surface area contributed by atoms with Crippen molar-refractivity contribution in [3.05, 3.63) is 35.9 Å². The first-order chi connectivity index (χ1) is 14.0. The lowest BCUT2D eigenvalue weighted by atomic mass is 9.79. The Kier molecular flexibility index (Phi) is 6.43. The lowest BCUT2D eigenvalue weighted by molar-refractivity contribution is -0.0216. The van der Waals surface area contributed by atoms with Crippen molar-refractivity contribution in [1.29, 1.82) is 0 Å². The standard InChI is InChI=1S/C19H25N3O6S2/c1-29(24,25)21-10-6-7-11-22(30(2,26)27)16-19(15-21)13-20(14-19)18(23)28-12-17-8-4-3-5-9-17/h3-5,8-9H,10-16H2,1-2H3. The number of rotatable bonds is 4. The van der Waals surface area contributed by atoms with Gasteiger partial charge in [0.2, 0.25) is 20.0 Å². The summed E-state index contributed by atoms with van der Waals surface area (Å²) < 4.78 is 56.5. The van der Waals surface area contributed by atoms with E-state index in [1.807, 2.05) is 30.3 Å². The van der Waals surface area contributed by atoms with Crippen LogP contribution in [0.3, 0.4) is 0 Å². The summed E-state index contributed by atoms with van der Waals surface area (Å²) in [7, 11) is -7.08. The molecule has 0 unspecified atom stereocenters. The molecule has 0 atom stereocenters. The number of ether oxygens (including phenoxy) is 1. The third-order valence-corrected chi connectivity index (χ3v) is 7.51. The summed E-state index contributed by atoms with van der Waals surface area (Å²) in [6.45, 7) is 0.635. The van der Waals surface area contributed by atoms with Crippen LogP contribution in [-0.2, 0) is 31.4 Å². The minimum Gasteiger partial charge on any atom is -0.445 e. The molecule has 2 aliphatic heterocycles. The van der Waals surface area contributed by atoms with E-state index in [2.05, 4.69) is 11.8 Å². The van der Waals surface area contributed by atoms with E-state index in [1.165, 1.54) is 13.5 Å². The highest BCUT2D eigenvalue weighted by atomic mass is 32.2. The molecule has 1 fully saturated rings. The number of nitrogens with zero attached hydrogens (tertiary/aromatic N) is 3. The van der Waals surface area contributed by atoms with Crippen LogP contribution in [0.1, 0.15) is 5.56 Å². The average Bonchev–Trinajstić information content (AvgIpc) is 2.73. The van der Waals surface area contributed by atoms with Crippen molar-refractivity contribution in [1.82, 2.24) is 13.5 Å². The molecule has 164 valence electrons. The second kappa shape index (κ2) is 8.55. The summed E-state index contributed by atoms with van der Waals surface area (Å²) in [6, 6.07) is 9.25. The SMILES string of the molecule is CS(=O)(=O)N1CC#CCN(S(C)(=O)=O)CC2(CN(C(=O)OCc3ccccc3)C2)C1. The first-order valence-electron chi connectivity index (χ1n) is 9.30. The van der Waals surface area contributed by atoms with Gasteiger partial charge in [-0.3, -0.25) is 0 Å². The number of hydrogen-bond acceptors (Lipinski definition) is 6. The Hall–Kier alpha value is -2.13. The van der Waals surface area contributed by atoms with Crippen molar-refractivity contribution in [2.45, 2.75) is 6.61 Å². The van der Waals surface area contributed by atoms with E-state index in [-0.39, 0.29) is 45.9 Å². The third kappa shape index (κ3) is 5.51. The van der Waals surface area contributed by atoms with Gasteiger partial charge >= 0.3 is 6.09 Å². The number of carbonyl (C=O) groups excluding carboxylic acids is 1. The van der Waals surface area contributed by atoms with Gasteiger partial charge in [-0.1, -0.05) is 42.2 Å². The fraction of sp³-hybridized carbons (Fsp3) is 0.526. The van der Waals surface area contributed by atoms with Gasteiger partial charge in [0.25, 0.3) is 0 Å². The van der Waals surface area contributed by atoms with Crippen molar-refractivity contribution in [3.8, 4) is 11.8 Å². The van der Waals surface area contributed by atoms with Crippen LogP contribution >= 0.6 is 0 Å². The van der Waals surface area contributed by atoms with E-state index < -0.39 is 31.6 Å². The Labute approximate surface area is 177 Å². The quantitative estimate of drug-likeness (QED) is 0.600. The molecule has 0 aliphatic carbocycles. The van der Waals surface area contributed by atoms with Crippen molar-refractivity contribution in [3.63, 3.8) is 0 Å². The van der Waals surface area contributed by atoms with Crippen molar-refractivity contribution in [2.75, 3.05) is 51.8 Å². The molecular formula is C19H25N3O6S2. The number of sulfonamides is 2. The molecule has 0 N–H and O–H groups in total. The van der Waals surface area contributed by atoms with Gasteiger partial charge in [-0.05, 0) is 5.56 Å². The van der Waals surface area contributed by atoms with Crippen molar-refractivity contribution in [2.24, 2.45) is 5.41 Å². The summed E-state index contributed by atoms with van der Waals surface area (Å²) in [5.74, 6) is 5.46. The fourth-order valence-electron chi connectivity index (χ4n) is 3.57. The van der Waals surface area contributed by atoms with Crippen molar-refractivity contribution >= 4 is 26.1 Å². The second-order valence-corrected chi connectivity index (χ2v) is 11.8. The molecule has 2 aliphatic rings. The monoisotopic (exact) mass is 455 g/mol. The molecule has 1 saturated heterocycles. The molecule has 9 nitrogen and oxygen atoms in total. The van der Waals surface area contributed by atoms with Gasteiger partial charge in [0.1, 0.15) is 6.61 Å². The summed E-state index contributed by atoms with van der Waals surface area (Å²) in [4.78, 5) is 13.9. The van der Waals surface area contributed by atoms with Gasteiger partial charge in [0.15, 0.2) is 0 Å². The fourth-order valence-corrected chi connectivity index (χ4v) is 5.19. The number of benzene rings is 1. The Morgan fingerprint density at radius 1 is 0.933 bits per heavy atom. The van der Waals surface area contributed by atoms with Crippen LogP contribution in [0, 0.1) is 17.3 Å². The Bertz CT molecular complexity index is 1000. The highest BCUT2D eigenvalue weighted by Crippen LogP contribution is 2.34. The molecular weight excluding hydrogens is 430 g/mol. The Morgan fingerprint density at radius 2 is 1.43 bits per heavy atom. The van der Waals surface area contributed by atoms with E-state index >= 15 is 0 Å². The van der Waals surface area contributed by atoms with Crippen LogP contribution in [0.25, 0.3) is 0 Å². The zero-order valence-electron chi connectivity index (χ0n) is 16.9. The van der Waals surface area contributed by atoms with Crippen LogP contribution < -0.4 is 0 Å². The van der Waals surface area contributed by atoms with E-state index in [1.54, 1.807) is 0 Å². The zero-order valence-corrected chi connectivity index (χ0v) is 18.6. The van der Waals surface area contributed by atoms with Crippen LogP contribution in [0.2, 0.25) is 0 Å². The second-order valence-electron chi connectivity index (χ2n) is 7.81. The summed E-state index contributed by atoms with van der Waals surface area (Å²) in [5.41, 5.74) is 0.123. The first-order valence-corrected chi connectivity index (χ1v) is 13.0. The zero-order chi connectivity index (χ0) is 22.0. The Morgan fingerprint density at radius 3 is 1.90 bits per heavy atom. The number of likely N-dealkylation sites (tertiary alicyclic amines) is 1. The molecule has 2 heterocycles. The lowest BCUT2D eigenvalue weighted by Crippen LogP contribution is -2.66. The average molecular weight is 456 g/mol. The van der Waals surface area contributed by atoms with Gasteiger partial charge in [0.05, 0.1) is 25.6 Å². The third-order valence-electron chi connectivity index (χ3n) is 5.11. The largest absolute Gasteiger partial charge is 0.445 e. The molecule has 3 rings (SSSR count). The topological polar surface area (TPSA) is 104 Å². The summed E-state index contributed by atoms with van der Waals surface area (Å²) in [6.07, 6.45) is 1.68. The molecule has 0 saturated carbocycles. The summed E-state index contributed by atoms with van der Waals surface area (Å²) in [5, 5.41) is 0. The van der Waals surface area contributed by atoms with E-state index in [0.29, 0.717) is 0 Å². The van der Waals surface area contributed by atoms with Gasteiger partial charge in [0, 0.05) is 31.6 Å². The highest BCUT2D eigenvalue weighted by Gasteiger charge is 2.50. The minimum atomic E-state index is -3.54. The molecule has 11 heteroatoms. The van der Waals surface area contributed by atoms with Crippen molar-refractivity contribution < 1.29 is 26.4 Å². The minimum absolute atomic E-state index is 0.0172. The maximum absolute atomic E-state index is 12.4. The van der Waals surface area contributed by atoms with Crippen LogP contribution in [-0.4, -0.2) is 88.2 Å². The maximum Gasteiger partial charge on any atom is 0.410 e. The van der Waals surface area contributed by atoms with E-state index in [0.717, 1.165) is 18.1 Å². The maximum atomic E-state index is 12.4. The lowest BCUT2D eigenvalue weighted by Gasteiger charge is -2.51.